The van der Waals surface area contributed by atoms with Crippen LogP contribution in [0, 0.1) is 0 Å². The largest absolute Gasteiger partial charge is 0.397 e. The molecule has 1 radical (unpaired) electrons. The van der Waals surface area contributed by atoms with Gasteiger partial charge in [-0.05, 0) is 6.92 Å². The van der Waals surface area contributed by atoms with Gasteiger partial charge in [0.15, 0.2) is 0 Å². The second-order valence-electron chi connectivity index (χ2n) is 0.316. The van der Waals surface area contributed by atoms with Crippen LogP contribution in [0.2, 0.25) is 0 Å². The number of hydrogen-bond acceptors (Lipinski definition) is 1. The molecule has 0 atom stereocenters. The van der Waals surface area contributed by atoms with Crippen molar-refractivity contribution in [2.24, 2.45) is 0 Å². The van der Waals surface area contributed by atoms with E-state index in [2.05, 4.69) is 0 Å². The van der Waals surface area contributed by atoms with Gasteiger partial charge in [0.2, 0.25) is 0 Å². The van der Waals surface area contributed by atoms with E-state index in [-0.39, 0.29) is 23.4 Å². The third-order valence-electron chi connectivity index (χ3n) is 0. The molecule has 0 saturated carbocycles. The molecule has 0 unspecified atom stereocenters. The minimum atomic E-state index is 0. The molecule has 0 saturated heterocycles. The molecule has 29 valence electrons. The third kappa shape index (κ3) is 24.4. The Bertz CT molecular complexity index is 6.00. The predicted molar refractivity (Wildman–Crippen MR) is 12.8 cm³/mol. The minimum absolute atomic E-state index is 0. The van der Waals surface area contributed by atoms with Crippen molar-refractivity contribution in [1.29, 1.82) is 0 Å². The molecular formula is C2H6CoO. The van der Waals surface area contributed by atoms with E-state index in [4.69, 9.17) is 5.11 Å². The maximum atomic E-state index is 7.57. The molecule has 0 aliphatic heterocycles. The Hall–Kier alpha value is 0.466. The molecule has 0 amide bonds. The molecule has 0 fully saturated rings. The molecular weight excluding hydrogens is 43.0 g/mol. The van der Waals surface area contributed by atoms with Gasteiger partial charge in [0.1, 0.15) is 0 Å². The Morgan fingerprint density at radius 2 is 1.75 bits per heavy atom. The normalized spacial score (nSPS) is 4.50. The van der Waals surface area contributed by atoms with E-state index in [0.717, 1.165) is 0 Å². The number of rotatable bonds is 0. The molecule has 0 aliphatic rings. The van der Waals surface area contributed by atoms with Gasteiger partial charge in [0, 0.05) is 23.4 Å². The first-order valence-electron chi connectivity index (χ1n) is 1.02. The fraction of sp³-hybridized carbons (Fsp3) is 1.00. The summed E-state index contributed by atoms with van der Waals surface area (Å²) in [4.78, 5) is 0. The second-order valence-corrected chi connectivity index (χ2v) is 0.316. The summed E-state index contributed by atoms with van der Waals surface area (Å²) < 4.78 is 0. The average Bonchev–Trinajstić information content (AvgIpc) is 0.918. The minimum Gasteiger partial charge on any atom is -0.397 e. The van der Waals surface area contributed by atoms with Crippen LogP contribution in [0.5, 0.6) is 0 Å². The molecule has 0 heterocycles. The summed E-state index contributed by atoms with van der Waals surface area (Å²) in [5, 5.41) is 7.57. The van der Waals surface area contributed by atoms with Crippen LogP contribution in [0.3, 0.4) is 0 Å². The number of aliphatic hydroxyl groups is 1. The smallest absolute Gasteiger partial charge is 0.0402 e. The van der Waals surface area contributed by atoms with Crippen molar-refractivity contribution in [3.05, 3.63) is 0 Å². The fourth-order valence-corrected chi connectivity index (χ4v) is 0. The third-order valence-corrected chi connectivity index (χ3v) is 0. The molecule has 0 aromatic rings. The molecule has 1 nitrogen and oxygen atoms in total. The van der Waals surface area contributed by atoms with E-state index in [1.807, 2.05) is 0 Å². The van der Waals surface area contributed by atoms with Crippen LogP contribution in [-0.4, -0.2) is 11.7 Å². The molecule has 0 spiro atoms. The van der Waals surface area contributed by atoms with Gasteiger partial charge in [-0.2, -0.15) is 0 Å². The number of hydrogen-bond donors (Lipinski definition) is 1. The Balaban J connectivity index is 0. The van der Waals surface area contributed by atoms with E-state index in [9.17, 15) is 0 Å². The van der Waals surface area contributed by atoms with Crippen LogP contribution in [-0.2, 0) is 16.8 Å². The van der Waals surface area contributed by atoms with Crippen molar-refractivity contribution in [2.75, 3.05) is 6.61 Å². The van der Waals surface area contributed by atoms with Crippen molar-refractivity contribution >= 4 is 0 Å². The van der Waals surface area contributed by atoms with Crippen molar-refractivity contribution < 1.29 is 21.9 Å². The van der Waals surface area contributed by atoms with Crippen LogP contribution in [0.1, 0.15) is 6.92 Å². The Morgan fingerprint density at radius 3 is 1.75 bits per heavy atom. The summed E-state index contributed by atoms with van der Waals surface area (Å²) in [6.45, 7) is 1.93. The fourth-order valence-electron chi connectivity index (χ4n) is 0. The first-order chi connectivity index (χ1) is 1.41. The zero-order valence-corrected chi connectivity index (χ0v) is 3.53. The zero-order chi connectivity index (χ0) is 2.71. The molecule has 4 heavy (non-hydrogen) atoms. The SMILES string of the molecule is CCO.[3Co]. The van der Waals surface area contributed by atoms with E-state index >= 15 is 0 Å². The number of aliphatic hydroxyl groups excluding tert-OH is 1. The summed E-state index contributed by atoms with van der Waals surface area (Å²) in [5.74, 6) is 0. The first-order valence-corrected chi connectivity index (χ1v) is 1.02. The van der Waals surface area contributed by atoms with Gasteiger partial charge in [0.25, 0.3) is 0 Å². The van der Waals surface area contributed by atoms with Crippen LogP contribution in [0.15, 0.2) is 0 Å². The van der Waals surface area contributed by atoms with Crippen LogP contribution >= 0.6 is 0 Å². The molecule has 0 aromatic carbocycles. The van der Waals surface area contributed by atoms with Gasteiger partial charge in [-0.1, -0.05) is 0 Å². The molecule has 0 rings (SSSR count). The van der Waals surface area contributed by atoms with E-state index in [1.165, 1.54) is 0 Å². The van der Waals surface area contributed by atoms with Crippen molar-refractivity contribution in [3.63, 3.8) is 0 Å². The van der Waals surface area contributed by atoms with Gasteiger partial charge in [-0.25, -0.2) is 0 Å². The van der Waals surface area contributed by atoms with Crippen molar-refractivity contribution in [2.45, 2.75) is 6.92 Å². The summed E-state index contributed by atoms with van der Waals surface area (Å²) in [6.07, 6.45) is 0. The first kappa shape index (κ1) is 8.82. The molecule has 0 bridgehead atoms. The van der Waals surface area contributed by atoms with Crippen LogP contribution < -0.4 is 0 Å². The van der Waals surface area contributed by atoms with E-state index in [0.29, 0.717) is 0 Å². The van der Waals surface area contributed by atoms with Crippen molar-refractivity contribution in [3.8, 4) is 0 Å². The Morgan fingerprint density at radius 1 is 1.75 bits per heavy atom. The van der Waals surface area contributed by atoms with Gasteiger partial charge in [-0.15, -0.1) is 0 Å². The maximum Gasteiger partial charge on any atom is 0.0402 e. The maximum absolute atomic E-state index is 7.57. The van der Waals surface area contributed by atoms with E-state index < -0.39 is 0 Å². The van der Waals surface area contributed by atoms with Crippen molar-refractivity contribution in [1.82, 2.24) is 0 Å². The van der Waals surface area contributed by atoms with Gasteiger partial charge in [-0.3, -0.25) is 0 Å². The zero-order valence-electron chi connectivity index (χ0n) is 2.49. The van der Waals surface area contributed by atoms with Crippen LogP contribution in [0.4, 0.5) is 0 Å². The standard InChI is InChI=1S/C2H6O.Co/c1-2-3;/h3H,2H2,1H3;/i;1-56. The predicted octanol–water partition coefficient (Wildman–Crippen LogP) is -0.00390. The topological polar surface area (TPSA) is 20.2 Å². The molecule has 0 aliphatic carbocycles. The van der Waals surface area contributed by atoms with Gasteiger partial charge >= 0.3 is 0 Å². The van der Waals surface area contributed by atoms with E-state index in [1.54, 1.807) is 6.92 Å². The summed E-state index contributed by atoms with van der Waals surface area (Å²) in [6, 6.07) is 0. The monoisotopic (exact) mass is 49.0 g/mol. The quantitative estimate of drug-likeness (QED) is 0.409. The second kappa shape index (κ2) is 9.81. The summed E-state index contributed by atoms with van der Waals surface area (Å²) >= 11 is 0. The molecule has 1 N–H and O–H groups in total. The van der Waals surface area contributed by atoms with Crippen LogP contribution in [0.25, 0.3) is 0 Å². The van der Waals surface area contributed by atoms with Gasteiger partial charge in [0.05, 0.1) is 0 Å². The Kier molecular flexibility index (Phi) is 21.6. The molecule has 0 aromatic heterocycles. The summed E-state index contributed by atoms with van der Waals surface area (Å²) in [7, 11) is 0. The Labute approximate surface area is 36.2 Å². The average molecular weight is 49.1 g/mol. The van der Waals surface area contributed by atoms with Gasteiger partial charge < -0.3 is 5.11 Å². The molecule has 2 heteroatoms. The summed E-state index contributed by atoms with van der Waals surface area (Å²) in [5.41, 5.74) is 0.